The molecule has 0 bridgehead atoms. The molecule has 39 heavy (non-hydrogen) atoms. The zero-order valence-electron chi connectivity index (χ0n) is 21.3. The Kier molecular flexibility index (Phi) is 5.63. The highest BCUT2D eigenvalue weighted by Gasteiger charge is 2.46. The number of amides is 3. The van der Waals surface area contributed by atoms with E-state index in [-0.39, 0.29) is 23.8 Å². The molecule has 3 heterocycles. The number of aryl methyl sites for hydroxylation is 1. The standard InChI is InChI=1S/C31H26ClN5O2/c1-36-17-21-13-18(10-12-26(21)35-36)23-7-4-8-25(32)29(23)19-9-11-24-27(14-19)34-31(39)37(30(24)38)28-16-33-15-20-5-2-3-6-22(20)28/h2-8,10,12-13,15-17,19,24,27H,9,11,14H2,1H3,(H,34,39). The van der Waals surface area contributed by atoms with E-state index in [1.165, 1.54) is 4.90 Å². The maximum atomic E-state index is 13.7. The van der Waals surface area contributed by atoms with Gasteiger partial charge < -0.3 is 5.32 Å². The molecular formula is C31H26ClN5O2. The molecule has 1 saturated heterocycles. The molecule has 3 aromatic carbocycles. The third-order valence-corrected chi connectivity index (χ3v) is 8.51. The second-order valence-corrected chi connectivity index (χ2v) is 10.9. The first-order chi connectivity index (χ1) is 19.0. The van der Waals surface area contributed by atoms with Crippen molar-refractivity contribution in [3.8, 4) is 11.1 Å². The number of benzene rings is 3. The summed E-state index contributed by atoms with van der Waals surface area (Å²) in [5, 5.41) is 11.1. The van der Waals surface area contributed by atoms with Gasteiger partial charge in [0.25, 0.3) is 0 Å². The van der Waals surface area contributed by atoms with Crippen LogP contribution in [0.15, 0.2) is 79.3 Å². The van der Waals surface area contributed by atoms with Crippen LogP contribution in [0.5, 0.6) is 0 Å². The SMILES string of the molecule is Cn1cc2cc(-c3cccc(Cl)c3C3CCC4C(=O)N(c5cncc6ccccc56)C(=O)NC4C3)ccc2n1. The van der Waals surface area contributed by atoms with Gasteiger partial charge in [0.15, 0.2) is 0 Å². The van der Waals surface area contributed by atoms with Gasteiger partial charge in [-0.2, -0.15) is 5.10 Å². The van der Waals surface area contributed by atoms with Gasteiger partial charge in [-0.3, -0.25) is 14.5 Å². The number of fused-ring (bicyclic) bond motifs is 3. The van der Waals surface area contributed by atoms with E-state index in [2.05, 4.69) is 33.6 Å². The third kappa shape index (κ3) is 3.96. The molecule has 8 heteroatoms. The fraction of sp³-hybridized carbons (Fsp3) is 0.226. The largest absolute Gasteiger partial charge is 0.334 e. The Hall–Kier alpha value is -4.23. The Bertz CT molecular complexity index is 1770. The molecule has 1 saturated carbocycles. The Morgan fingerprint density at radius 1 is 0.974 bits per heavy atom. The minimum atomic E-state index is -0.401. The number of nitrogens with one attached hydrogen (secondary N) is 1. The Balaban J connectivity index is 1.20. The molecule has 1 aliphatic carbocycles. The van der Waals surface area contributed by atoms with Crippen molar-refractivity contribution in [1.29, 1.82) is 0 Å². The van der Waals surface area contributed by atoms with Crippen LogP contribution in [0.1, 0.15) is 30.7 Å². The number of urea groups is 1. The number of nitrogens with zero attached hydrogens (tertiary/aromatic N) is 4. The van der Waals surface area contributed by atoms with Gasteiger partial charge in [0.2, 0.25) is 5.91 Å². The first-order valence-corrected chi connectivity index (χ1v) is 13.5. The molecule has 1 N–H and O–H groups in total. The van der Waals surface area contributed by atoms with Gasteiger partial charge in [0.1, 0.15) is 0 Å². The highest BCUT2D eigenvalue weighted by Crippen LogP contribution is 2.45. The maximum absolute atomic E-state index is 13.7. The summed E-state index contributed by atoms with van der Waals surface area (Å²) in [5.41, 5.74) is 4.69. The van der Waals surface area contributed by atoms with Crippen LogP contribution in [0.25, 0.3) is 32.8 Å². The summed E-state index contributed by atoms with van der Waals surface area (Å²) in [7, 11) is 1.92. The van der Waals surface area contributed by atoms with E-state index in [9.17, 15) is 9.59 Å². The quantitative estimate of drug-likeness (QED) is 0.288. The molecule has 0 spiro atoms. The Labute approximate surface area is 230 Å². The Morgan fingerprint density at radius 2 is 1.85 bits per heavy atom. The van der Waals surface area contributed by atoms with Gasteiger partial charge in [-0.15, -0.1) is 0 Å². The monoisotopic (exact) mass is 535 g/mol. The lowest BCUT2D eigenvalue weighted by atomic mass is 9.72. The van der Waals surface area contributed by atoms with Gasteiger partial charge in [0.05, 0.1) is 23.3 Å². The van der Waals surface area contributed by atoms with Crippen LogP contribution >= 0.6 is 11.6 Å². The maximum Gasteiger partial charge on any atom is 0.329 e. The minimum absolute atomic E-state index is 0.110. The number of imide groups is 1. The summed E-state index contributed by atoms with van der Waals surface area (Å²) in [5.74, 6) is -0.351. The van der Waals surface area contributed by atoms with Crippen molar-refractivity contribution in [2.45, 2.75) is 31.2 Å². The lowest BCUT2D eigenvalue weighted by Gasteiger charge is -2.43. The first-order valence-electron chi connectivity index (χ1n) is 13.2. The molecule has 3 unspecified atom stereocenters. The molecule has 194 valence electrons. The van der Waals surface area contributed by atoms with Crippen molar-refractivity contribution >= 4 is 50.9 Å². The number of aromatic nitrogens is 3. The zero-order chi connectivity index (χ0) is 26.7. The highest BCUT2D eigenvalue weighted by atomic mass is 35.5. The summed E-state index contributed by atoms with van der Waals surface area (Å²) in [6.45, 7) is 0. The van der Waals surface area contributed by atoms with E-state index in [1.54, 1.807) is 12.4 Å². The number of pyridine rings is 1. The van der Waals surface area contributed by atoms with Crippen molar-refractivity contribution in [2.24, 2.45) is 13.0 Å². The number of halogens is 1. The van der Waals surface area contributed by atoms with Crippen LogP contribution in [-0.2, 0) is 11.8 Å². The zero-order valence-corrected chi connectivity index (χ0v) is 22.1. The summed E-state index contributed by atoms with van der Waals surface area (Å²) in [6, 6.07) is 19.3. The summed E-state index contributed by atoms with van der Waals surface area (Å²) in [6.07, 6.45) is 7.46. The van der Waals surface area contributed by atoms with Gasteiger partial charge >= 0.3 is 6.03 Å². The van der Waals surface area contributed by atoms with Crippen LogP contribution in [0, 0.1) is 5.92 Å². The number of hydrogen-bond acceptors (Lipinski definition) is 4. The van der Waals surface area contributed by atoms with Crippen molar-refractivity contribution in [3.05, 3.63) is 89.8 Å². The number of carbonyl (C=O) groups is 2. The average molecular weight is 536 g/mol. The van der Waals surface area contributed by atoms with Crippen LogP contribution in [0.4, 0.5) is 10.5 Å². The van der Waals surface area contributed by atoms with Crippen LogP contribution in [-0.4, -0.2) is 32.7 Å². The third-order valence-electron chi connectivity index (χ3n) is 8.18. The van der Waals surface area contributed by atoms with E-state index in [0.717, 1.165) is 44.8 Å². The summed E-state index contributed by atoms with van der Waals surface area (Å²) in [4.78, 5) is 32.7. The lowest BCUT2D eigenvalue weighted by Crippen LogP contribution is -2.61. The molecular weight excluding hydrogens is 510 g/mol. The van der Waals surface area contributed by atoms with Gasteiger partial charge in [-0.05, 0) is 60.1 Å². The fourth-order valence-corrected chi connectivity index (χ4v) is 6.73. The van der Waals surface area contributed by atoms with Gasteiger partial charge in [-0.25, -0.2) is 9.69 Å². The highest BCUT2D eigenvalue weighted by molar-refractivity contribution is 6.32. The first kappa shape index (κ1) is 23.9. The fourth-order valence-electron chi connectivity index (χ4n) is 6.40. The summed E-state index contributed by atoms with van der Waals surface area (Å²) >= 11 is 6.84. The molecule has 3 amide bonds. The van der Waals surface area contributed by atoms with E-state index in [0.29, 0.717) is 23.6 Å². The van der Waals surface area contributed by atoms with Gasteiger partial charge in [-0.1, -0.05) is 54.1 Å². The predicted molar refractivity (Wildman–Crippen MR) is 153 cm³/mol. The predicted octanol–water partition coefficient (Wildman–Crippen LogP) is 6.45. The van der Waals surface area contributed by atoms with Crippen molar-refractivity contribution in [1.82, 2.24) is 20.1 Å². The molecule has 5 aromatic rings. The number of hydrogen-bond donors (Lipinski definition) is 1. The molecule has 7 nitrogen and oxygen atoms in total. The van der Waals surface area contributed by atoms with Gasteiger partial charge in [0, 0.05) is 46.7 Å². The van der Waals surface area contributed by atoms with E-state index >= 15 is 0 Å². The molecule has 2 aliphatic rings. The van der Waals surface area contributed by atoms with Crippen molar-refractivity contribution in [2.75, 3.05) is 4.90 Å². The van der Waals surface area contributed by atoms with Crippen LogP contribution < -0.4 is 10.2 Å². The summed E-state index contributed by atoms with van der Waals surface area (Å²) < 4.78 is 1.81. The lowest BCUT2D eigenvalue weighted by molar-refractivity contribution is -0.124. The van der Waals surface area contributed by atoms with Crippen LogP contribution in [0.2, 0.25) is 5.02 Å². The molecule has 0 radical (unpaired) electrons. The van der Waals surface area contributed by atoms with Crippen LogP contribution in [0.3, 0.4) is 0 Å². The molecule has 2 fully saturated rings. The molecule has 2 aromatic heterocycles. The Morgan fingerprint density at radius 3 is 2.74 bits per heavy atom. The minimum Gasteiger partial charge on any atom is -0.334 e. The van der Waals surface area contributed by atoms with E-state index in [4.69, 9.17) is 11.6 Å². The topological polar surface area (TPSA) is 80.1 Å². The van der Waals surface area contributed by atoms with E-state index in [1.807, 2.05) is 60.4 Å². The molecule has 3 atom stereocenters. The number of rotatable bonds is 3. The second kappa shape index (κ2) is 9.20. The molecule has 1 aliphatic heterocycles. The van der Waals surface area contributed by atoms with E-state index < -0.39 is 6.03 Å². The average Bonchev–Trinajstić information content (AvgIpc) is 3.32. The number of carbonyl (C=O) groups excluding carboxylic acids is 2. The van der Waals surface area contributed by atoms with Crippen molar-refractivity contribution < 1.29 is 9.59 Å². The van der Waals surface area contributed by atoms with Crippen molar-refractivity contribution in [3.63, 3.8) is 0 Å². The smallest absolute Gasteiger partial charge is 0.329 e. The second-order valence-electron chi connectivity index (χ2n) is 10.5. The molecule has 7 rings (SSSR count). The number of anilines is 1. The normalized spacial score (nSPS) is 21.3.